The Labute approximate surface area is 172 Å². The van der Waals surface area contributed by atoms with Crippen LogP contribution < -0.4 is 9.62 Å². The first kappa shape index (κ1) is 23.0. The zero-order chi connectivity index (χ0) is 22.0. The summed E-state index contributed by atoms with van der Waals surface area (Å²) in [5.41, 5.74) is -0.204. The molecule has 0 saturated heterocycles. The van der Waals surface area contributed by atoms with Gasteiger partial charge < -0.3 is 5.32 Å². The van der Waals surface area contributed by atoms with Gasteiger partial charge in [0.1, 0.15) is 6.04 Å². The monoisotopic (exact) mass is 448 g/mol. The third-order valence-electron chi connectivity index (χ3n) is 4.20. The van der Waals surface area contributed by atoms with Crippen molar-refractivity contribution in [2.45, 2.75) is 32.5 Å². The van der Waals surface area contributed by atoms with Crippen LogP contribution in [0.25, 0.3) is 0 Å². The van der Waals surface area contributed by atoms with E-state index in [0.717, 1.165) is 28.8 Å². The summed E-state index contributed by atoms with van der Waals surface area (Å²) in [4.78, 5) is 12.8. The smallest absolute Gasteiger partial charge is 0.324 e. The van der Waals surface area contributed by atoms with Crippen LogP contribution in [-0.4, -0.2) is 26.6 Å². The minimum absolute atomic E-state index is 0.0838. The van der Waals surface area contributed by atoms with Crippen molar-refractivity contribution in [2.24, 2.45) is 0 Å². The van der Waals surface area contributed by atoms with E-state index in [2.05, 4.69) is 5.32 Å². The topological polar surface area (TPSA) is 66.5 Å². The SMILES string of the molecule is CC[C@H](C(=O)Nc1cccc(C(F)(F)F)c1)N(c1cc(Cl)ccc1C)S(C)(=O)=O. The largest absolute Gasteiger partial charge is 0.416 e. The number of rotatable bonds is 6. The van der Waals surface area contributed by atoms with Crippen LogP contribution in [0.15, 0.2) is 42.5 Å². The molecule has 5 nitrogen and oxygen atoms in total. The number of halogens is 4. The molecule has 0 unspecified atom stereocenters. The first-order chi connectivity index (χ1) is 13.3. The van der Waals surface area contributed by atoms with E-state index in [1.54, 1.807) is 26.0 Å². The van der Waals surface area contributed by atoms with Crippen molar-refractivity contribution >= 4 is 38.9 Å². The lowest BCUT2D eigenvalue weighted by molar-refractivity contribution is -0.137. The fourth-order valence-electron chi connectivity index (χ4n) is 2.85. The highest BCUT2D eigenvalue weighted by atomic mass is 35.5. The van der Waals surface area contributed by atoms with Crippen molar-refractivity contribution in [3.05, 3.63) is 58.6 Å². The van der Waals surface area contributed by atoms with Gasteiger partial charge in [0.05, 0.1) is 17.5 Å². The summed E-state index contributed by atoms with van der Waals surface area (Å²) in [6.45, 7) is 3.27. The van der Waals surface area contributed by atoms with Crippen LogP contribution in [0, 0.1) is 6.92 Å². The van der Waals surface area contributed by atoms with E-state index in [1.165, 1.54) is 12.1 Å². The van der Waals surface area contributed by atoms with Gasteiger partial charge in [-0.05, 0) is 49.2 Å². The molecule has 2 rings (SSSR count). The lowest BCUT2D eigenvalue weighted by Crippen LogP contribution is -2.47. The summed E-state index contributed by atoms with van der Waals surface area (Å²) in [7, 11) is -3.90. The molecule has 0 heterocycles. The molecule has 0 fully saturated rings. The molecule has 2 aromatic rings. The number of hydrogen-bond acceptors (Lipinski definition) is 3. The highest BCUT2D eigenvalue weighted by molar-refractivity contribution is 7.92. The van der Waals surface area contributed by atoms with Crippen LogP contribution in [0.4, 0.5) is 24.5 Å². The third kappa shape index (κ3) is 5.63. The number of carbonyl (C=O) groups is 1. The lowest BCUT2D eigenvalue weighted by atomic mass is 10.1. The van der Waals surface area contributed by atoms with Crippen molar-refractivity contribution < 1.29 is 26.4 Å². The zero-order valence-electron chi connectivity index (χ0n) is 15.9. The Morgan fingerprint density at radius 2 is 1.86 bits per heavy atom. The molecule has 0 radical (unpaired) electrons. The second-order valence-corrected chi connectivity index (χ2v) is 8.78. The zero-order valence-corrected chi connectivity index (χ0v) is 17.5. The number of aryl methyl sites for hydroxylation is 1. The Hall–Kier alpha value is -2.26. The van der Waals surface area contributed by atoms with Gasteiger partial charge in [0, 0.05) is 10.7 Å². The number of hydrogen-bond donors (Lipinski definition) is 1. The minimum Gasteiger partial charge on any atom is -0.324 e. The molecule has 0 saturated carbocycles. The highest BCUT2D eigenvalue weighted by Crippen LogP contribution is 2.32. The van der Waals surface area contributed by atoms with Crippen molar-refractivity contribution in [3.8, 4) is 0 Å². The summed E-state index contributed by atoms with van der Waals surface area (Å²) in [6, 6.07) is 7.59. The molecule has 1 N–H and O–H groups in total. The summed E-state index contributed by atoms with van der Waals surface area (Å²) in [5, 5.41) is 2.67. The van der Waals surface area contributed by atoms with Crippen LogP contribution in [-0.2, 0) is 21.0 Å². The Kier molecular flexibility index (Phi) is 6.85. The maximum Gasteiger partial charge on any atom is 0.416 e. The molecule has 158 valence electrons. The normalized spacial score (nSPS) is 13.1. The molecule has 1 amide bonds. The van der Waals surface area contributed by atoms with E-state index in [9.17, 15) is 26.4 Å². The van der Waals surface area contributed by atoms with E-state index in [0.29, 0.717) is 5.56 Å². The van der Waals surface area contributed by atoms with Crippen LogP contribution in [0.2, 0.25) is 5.02 Å². The number of nitrogens with one attached hydrogen (secondary N) is 1. The molecule has 0 aromatic heterocycles. The van der Waals surface area contributed by atoms with E-state index in [1.807, 2.05) is 0 Å². The molecule has 0 bridgehead atoms. The Morgan fingerprint density at radius 3 is 2.41 bits per heavy atom. The molecule has 10 heteroatoms. The van der Waals surface area contributed by atoms with E-state index < -0.39 is 33.7 Å². The van der Waals surface area contributed by atoms with Crippen LogP contribution in [0.5, 0.6) is 0 Å². The molecule has 1 atom stereocenters. The van der Waals surface area contributed by atoms with Gasteiger partial charge in [0.2, 0.25) is 15.9 Å². The van der Waals surface area contributed by atoms with Gasteiger partial charge in [-0.2, -0.15) is 13.2 Å². The van der Waals surface area contributed by atoms with Gasteiger partial charge in [-0.1, -0.05) is 30.7 Å². The molecule has 29 heavy (non-hydrogen) atoms. The van der Waals surface area contributed by atoms with Crippen LogP contribution in [0.1, 0.15) is 24.5 Å². The number of amides is 1. The number of alkyl halides is 3. The maximum atomic E-state index is 12.9. The quantitative estimate of drug-likeness (QED) is 0.687. The fourth-order valence-corrected chi connectivity index (χ4v) is 4.28. The fraction of sp³-hybridized carbons (Fsp3) is 0.316. The molecule has 2 aromatic carbocycles. The minimum atomic E-state index is -4.57. The van der Waals surface area contributed by atoms with Gasteiger partial charge in [0.25, 0.3) is 0 Å². The first-order valence-electron chi connectivity index (χ1n) is 8.58. The molecule has 0 spiro atoms. The number of sulfonamides is 1. The Bertz CT molecular complexity index is 1010. The van der Waals surface area contributed by atoms with E-state index in [4.69, 9.17) is 11.6 Å². The van der Waals surface area contributed by atoms with Gasteiger partial charge in [-0.3, -0.25) is 9.10 Å². The highest BCUT2D eigenvalue weighted by Gasteiger charge is 2.34. The lowest BCUT2D eigenvalue weighted by Gasteiger charge is -2.31. The summed E-state index contributed by atoms with van der Waals surface area (Å²) in [5.74, 6) is -0.753. The van der Waals surface area contributed by atoms with E-state index >= 15 is 0 Å². The predicted molar refractivity (Wildman–Crippen MR) is 108 cm³/mol. The van der Waals surface area contributed by atoms with Crippen molar-refractivity contribution in [1.82, 2.24) is 0 Å². The van der Waals surface area contributed by atoms with Crippen molar-refractivity contribution in [3.63, 3.8) is 0 Å². The molecule has 0 aliphatic rings. The maximum absolute atomic E-state index is 12.9. The van der Waals surface area contributed by atoms with Gasteiger partial charge in [-0.15, -0.1) is 0 Å². The number of benzene rings is 2. The third-order valence-corrected chi connectivity index (χ3v) is 5.60. The summed E-state index contributed by atoms with van der Waals surface area (Å²) in [6.07, 6.45) is -3.53. The predicted octanol–water partition coefficient (Wildman–Crippen LogP) is 4.85. The van der Waals surface area contributed by atoms with Gasteiger partial charge >= 0.3 is 6.18 Å². The van der Waals surface area contributed by atoms with Crippen molar-refractivity contribution in [1.29, 1.82) is 0 Å². The number of carbonyl (C=O) groups excluding carboxylic acids is 1. The average Bonchev–Trinajstić information content (AvgIpc) is 2.60. The summed E-state index contributed by atoms with van der Waals surface area (Å²) < 4.78 is 64.6. The Balaban J connectivity index is 2.43. The van der Waals surface area contributed by atoms with Gasteiger partial charge in [-0.25, -0.2) is 8.42 Å². The number of anilines is 2. The molecular formula is C19H20ClF3N2O3S. The Morgan fingerprint density at radius 1 is 1.21 bits per heavy atom. The first-order valence-corrected chi connectivity index (χ1v) is 10.8. The van der Waals surface area contributed by atoms with Crippen LogP contribution in [0.3, 0.4) is 0 Å². The molecule has 0 aliphatic heterocycles. The standard InChI is InChI=1S/C19H20ClF3N2O3S/c1-4-16(18(26)24-15-7-5-6-13(10-15)19(21,22)23)25(29(3,27)28)17-11-14(20)9-8-12(17)2/h5-11,16H,4H2,1-3H3,(H,24,26)/t16-/m1/s1. The number of nitrogens with zero attached hydrogens (tertiary/aromatic N) is 1. The second-order valence-electron chi connectivity index (χ2n) is 6.48. The second kappa shape index (κ2) is 8.62. The molecular weight excluding hydrogens is 429 g/mol. The van der Waals surface area contributed by atoms with Crippen LogP contribution >= 0.6 is 11.6 Å². The molecule has 0 aliphatic carbocycles. The van der Waals surface area contributed by atoms with Crippen molar-refractivity contribution in [2.75, 3.05) is 15.9 Å². The van der Waals surface area contributed by atoms with Gasteiger partial charge in [0.15, 0.2) is 0 Å². The van der Waals surface area contributed by atoms with E-state index in [-0.39, 0.29) is 22.8 Å². The summed E-state index contributed by atoms with van der Waals surface area (Å²) >= 11 is 6.00. The average molecular weight is 449 g/mol.